The molecule has 0 N–H and O–H groups in total. The molecule has 1 heteroatoms. The van der Waals surface area contributed by atoms with E-state index in [2.05, 4.69) is 19.6 Å². The zero-order chi connectivity index (χ0) is 18.2. The Morgan fingerprint density at radius 1 is 0.769 bits per heavy atom. The van der Waals surface area contributed by atoms with Gasteiger partial charge in [-0.2, -0.15) is 0 Å². The SMILES string of the molecule is C=CC1CCC(C2CCC(COC3CCC(CCCC)CC3)CC2)CC1. The van der Waals surface area contributed by atoms with Gasteiger partial charge in [-0.1, -0.05) is 32.3 Å². The fourth-order valence-electron chi connectivity index (χ4n) is 6.03. The van der Waals surface area contributed by atoms with E-state index in [0.29, 0.717) is 6.10 Å². The van der Waals surface area contributed by atoms with Crippen LogP contribution in [0.5, 0.6) is 0 Å². The van der Waals surface area contributed by atoms with Crippen molar-refractivity contribution in [2.24, 2.45) is 29.6 Å². The van der Waals surface area contributed by atoms with Crippen LogP contribution in [-0.4, -0.2) is 12.7 Å². The minimum atomic E-state index is 0.583. The molecule has 3 fully saturated rings. The Morgan fingerprint density at radius 3 is 1.92 bits per heavy atom. The fraction of sp³-hybridized carbons (Fsp3) is 0.920. The zero-order valence-corrected chi connectivity index (χ0v) is 17.5. The molecule has 0 saturated heterocycles. The topological polar surface area (TPSA) is 9.23 Å². The van der Waals surface area contributed by atoms with Gasteiger partial charge in [0.25, 0.3) is 0 Å². The summed E-state index contributed by atoms with van der Waals surface area (Å²) in [6.45, 7) is 7.36. The van der Waals surface area contributed by atoms with Crippen molar-refractivity contribution >= 4 is 0 Å². The van der Waals surface area contributed by atoms with Crippen molar-refractivity contribution < 1.29 is 4.74 Å². The highest BCUT2D eigenvalue weighted by Crippen LogP contribution is 2.41. The molecule has 0 heterocycles. The van der Waals surface area contributed by atoms with E-state index in [1.165, 1.54) is 96.3 Å². The first-order valence-corrected chi connectivity index (χ1v) is 12.0. The minimum absolute atomic E-state index is 0.583. The Labute approximate surface area is 163 Å². The molecule has 0 spiro atoms. The van der Waals surface area contributed by atoms with Crippen LogP contribution in [0.4, 0.5) is 0 Å². The highest BCUT2D eigenvalue weighted by Gasteiger charge is 2.31. The molecule has 3 saturated carbocycles. The normalized spacial score (nSPS) is 38.8. The number of unbranched alkanes of at least 4 members (excludes halogenated alkanes) is 1. The van der Waals surface area contributed by atoms with E-state index in [4.69, 9.17) is 4.74 Å². The number of ether oxygens (including phenoxy) is 1. The van der Waals surface area contributed by atoms with E-state index in [-0.39, 0.29) is 0 Å². The summed E-state index contributed by atoms with van der Waals surface area (Å²) < 4.78 is 6.37. The molecule has 0 aromatic rings. The molecule has 3 aliphatic rings. The molecule has 150 valence electrons. The van der Waals surface area contributed by atoms with Crippen molar-refractivity contribution in [2.45, 2.75) is 109 Å². The molecule has 1 nitrogen and oxygen atoms in total. The van der Waals surface area contributed by atoms with E-state index in [9.17, 15) is 0 Å². The standard InChI is InChI=1S/C25H44O/c1-3-5-6-21-11-17-25(18-12-21)26-19-22-9-15-24(16-10-22)23-13-7-20(4-2)8-14-23/h4,20-25H,2-3,5-19H2,1H3. The molecule has 0 aromatic heterocycles. The first-order valence-electron chi connectivity index (χ1n) is 12.0. The van der Waals surface area contributed by atoms with Crippen LogP contribution in [0.25, 0.3) is 0 Å². The summed E-state index contributed by atoms with van der Waals surface area (Å²) in [7, 11) is 0. The van der Waals surface area contributed by atoms with Crippen LogP contribution < -0.4 is 0 Å². The van der Waals surface area contributed by atoms with Crippen LogP contribution in [-0.2, 0) is 4.74 Å². The van der Waals surface area contributed by atoms with Gasteiger partial charge in [0.05, 0.1) is 6.10 Å². The second-order valence-corrected chi connectivity index (χ2v) is 9.81. The lowest BCUT2D eigenvalue weighted by molar-refractivity contribution is -0.0128. The van der Waals surface area contributed by atoms with Crippen LogP contribution >= 0.6 is 0 Å². The number of hydrogen-bond acceptors (Lipinski definition) is 1. The van der Waals surface area contributed by atoms with Gasteiger partial charge >= 0.3 is 0 Å². The summed E-state index contributed by atoms with van der Waals surface area (Å²) in [6, 6.07) is 0. The van der Waals surface area contributed by atoms with Gasteiger partial charge in [0.1, 0.15) is 0 Å². The molecule has 26 heavy (non-hydrogen) atoms. The molecular formula is C25H44O. The zero-order valence-electron chi connectivity index (χ0n) is 17.5. The maximum absolute atomic E-state index is 6.37. The largest absolute Gasteiger partial charge is 0.378 e. The minimum Gasteiger partial charge on any atom is -0.378 e. The quantitative estimate of drug-likeness (QED) is 0.406. The smallest absolute Gasteiger partial charge is 0.0575 e. The third-order valence-electron chi connectivity index (χ3n) is 8.04. The Balaban J connectivity index is 1.27. The Bertz CT molecular complexity index is 379. The lowest BCUT2D eigenvalue weighted by atomic mass is 9.69. The predicted octanol–water partition coefficient (Wildman–Crippen LogP) is 7.55. The third kappa shape index (κ3) is 6.11. The van der Waals surface area contributed by atoms with Crippen molar-refractivity contribution in [3.05, 3.63) is 12.7 Å². The molecule has 0 aromatic carbocycles. The van der Waals surface area contributed by atoms with Crippen LogP contribution in [0.3, 0.4) is 0 Å². The average molecular weight is 361 g/mol. The maximum atomic E-state index is 6.37. The lowest BCUT2D eigenvalue weighted by Gasteiger charge is -2.38. The van der Waals surface area contributed by atoms with Crippen molar-refractivity contribution in [3.8, 4) is 0 Å². The van der Waals surface area contributed by atoms with Gasteiger partial charge < -0.3 is 4.74 Å². The van der Waals surface area contributed by atoms with Crippen molar-refractivity contribution in [1.82, 2.24) is 0 Å². The van der Waals surface area contributed by atoms with Crippen LogP contribution in [0, 0.1) is 29.6 Å². The maximum Gasteiger partial charge on any atom is 0.0575 e. The summed E-state index contributed by atoms with van der Waals surface area (Å²) in [6.07, 6.45) is 24.1. The summed E-state index contributed by atoms with van der Waals surface area (Å²) in [5.74, 6) is 4.71. The van der Waals surface area contributed by atoms with Gasteiger partial charge in [-0.3, -0.25) is 0 Å². The van der Waals surface area contributed by atoms with Gasteiger partial charge in [0.15, 0.2) is 0 Å². The molecule has 0 radical (unpaired) electrons. The van der Waals surface area contributed by atoms with Crippen molar-refractivity contribution in [1.29, 1.82) is 0 Å². The molecule has 0 aliphatic heterocycles. The van der Waals surface area contributed by atoms with Crippen molar-refractivity contribution in [2.75, 3.05) is 6.61 Å². The first kappa shape index (κ1) is 20.4. The molecular weight excluding hydrogens is 316 g/mol. The van der Waals surface area contributed by atoms with Gasteiger partial charge in [0, 0.05) is 6.61 Å². The number of allylic oxidation sites excluding steroid dienone is 1. The van der Waals surface area contributed by atoms with E-state index in [1.54, 1.807) is 0 Å². The van der Waals surface area contributed by atoms with E-state index < -0.39 is 0 Å². The summed E-state index contributed by atoms with van der Waals surface area (Å²) >= 11 is 0. The van der Waals surface area contributed by atoms with Gasteiger partial charge in [-0.15, -0.1) is 6.58 Å². The van der Waals surface area contributed by atoms with Crippen LogP contribution in [0.15, 0.2) is 12.7 Å². The first-order chi connectivity index (χ1) is 12.8. The Kier molecular flexibility index (Phi) is 8.56. The lowest BCUT2D eigenvalue weighted by Crippen LogP contribution is -2.29. The average Bonchev–Trinajstić information content (AvgIpc) is 2.72. The molecule has 0 unspecified atom stereocenters. The summed E-state index contributed by atoms with van der Waals surface area (Å²) in [5, 5.41) is 0. The van der Waals surface area contributed by atoms with E-state index in [0.717, 1.165) is 36.2 Å². The highest BCUT2D eigenvalue weighted by atomic mass is 16.5. The van der Waals surface area contributed by atoms with E-state index >= 15 is 0 Å². The van der Waals surface area contributed by atoms with Crippen LogP contribution in [0.2, 0.25) is 0 Å². The third-order valence-corrected chi connectivity index (χ3v) is 8.04. The highest BCUT2D eigenvalue weighted by molar-refractivity contribution is 4.87. The molecule has 0 amide bonds. The predicted molar refractivity (Wildman–Crippen MR) is 112 cm³/mol. The Morgan fingerprint density at radius 2 is 1.35 bits per heavy atom. The van der Waals surface area contributed by atoms with Gasteiger partial charge in [-0.05, 0) is 107 Å². The van der Waals surface area contributed by atoms with Gasteiger partial charge in [-0.25, -0.2) is 0 Å². The Hall–Kier alpha value is -0.300. The van der Waals surface area contributed by atoms with Gasteiger partial charge in [0.2, 0.25) is 0 Å². The van der Waals surface area contributed by atoms with E-state index in [1.807, 2.05) is 0 Å². The van der Waals surface area contributed by atoms with Crippen molar-refractivity contribution in [3.63, 3.8) is 0 Å². The fourth-order valence-corrected chi connectivity index (χ4v) is 6.03. The number of hydrogen-bond donors (Lipinski definition) is 0. The molecule has 3 rings (SSSR count). The molecule has 0 bridgehead atoms. The van der Waals surface area contributed by atoms with Crippen LogP contribution in [0.1, 0.15) is 103 Å². The number of rotatable bonds is 8. The molecule has 3 aliphatic carbocycles. The second kappa shape index (κ2) is 10.9. The molecule has 0 atom stereocenters. The summed E-state index contributed by atoms with van der Waals surface area (Å²) in [4.78, 5) is 0. The monoisotopic (exact) mass is 360 g/mol. The second-order valence-electron chi connectivity index (χ2n) is 9.81. The summed E-state index contributed by atoms with van der Waals surface area (Å²) in [5.41, 5.74) is 0.